The predicted octanol–water partition coefficient (Wildman–Crippen LogP) is 6.42. The standard InChI is InChI=1S/C21H38O2/c1-3-4-5-6-7-8-9-10-11-12-13-14-15-16-17-18-19-20-21(22)23-2/h3-18H2,1-2H3. The maximum atomic E-state index is 10.8. The van der Waals surface area contributed by atoms with Crippen LogP contribution in [0, 0.1) is 11.8 Å². The summed E-state index contributed by atoms with van der Waals surface area (Å²) in [7, 11) is 1.37. The maximum absolute atomic E-state index is 10.8. The van der Waals surface area contributed by atoms with Crippen LogP contribution in [0.5, 0.6) is 0 Å². The zero-order chi connectivity index (χ0) is 17.0. The van der Waals surface area contributed by atoms with Crippen molar-refractivity contribution in [3.05, 3.63) is 0 Å². The van der Waals surface area contributed by atoms with Crippen LogP contribution in [0.3, 0.4) is 0 Å². The molecule has 0 rings (SSSR count). The Morgan fingerprint density at radius 1 is 0.696 bits per heavy atom. The first-order valence-electron chi connectivity index (χ1n) is 9.88. The maximum Gasteiger partial charge on any atom is 0.384 e. The van der Waals surface area contributed by atoms with Crippen molar-refractivity contribution >= 4 is 5.97 Å². The van der Waals surface area contributed by atoms with Crippen LogP contribution >= 0.6 is 0 Å². The number of rotatable bonds is 15. The Morgan fingerprint density at radius 3 is 1.48 bits per heavy atom. The second kappa shape index (κ2) is 19.1. The minimum absolute atomic E-state index is 0.425. The van der Waals surface area contributed by atoms with Crippen LogP contribution in [-0.2, 0) is 9.53 Å². The molecule has 0 unspecified atom stereocenters. The average molecular weight is 323 g/mol. The fraction of sp³-hybridized carbons (Fsp3) is 0.857. The monoisotopic (exact) mass is 322 g/mol. The molecule has 23 heavy (non-hydrogen) atoms. The van der Waals surface area contributed by atoms with Crippen molar-refractivity contribution in [3.63, 3.8) is 0 Å². The van der Waals surface area contributed by atoms with Crippen molar-refractivity contribution < 1.29 is 9.53 Å². The first kappa shape index (κ1) is 22.0. The second-order valence-electron chi connectivity index (χ2n) is 6.49. The molecule has 0 N–H and O–H groups in total. The van der Waals surface area contributed by atoms with Crippen LogP contribution < -0.4 is 0 Å². The molecule has 0 amide bonds. The molecule has 0 aliphatic heterocycles. The molecule has 0 aromatic heterocycles. The van der Waals surface area contributed by atoms with Crippen molar-refractivity contribution in [2.24, 2.45) is 0 Å². The molecular weight excluding hydrogens is 284 g/mol. The summed E-state index contributed by atoms with van der Waals surface area (Å²) < 4.78 is 4.47. The number of methoxy groups -OCH3 is 1. The topological polar surface area (TPSA) is 26.3 Å². The molecule has 0 aliphatic rings. The summed E-state index contributed by atoms with van der Waals surface area (Å²) in [6.07, 6.45) is 21.4. The lowest BCUT2D eigenvalue weighted by Crippen LogP contribution is -1.94. The van der Waals surface area contributed by atoms with E-state index in [4.69, 9.17) is 0 Å². The zero-order valence-electron chi connectivity index (χ0n) is 15.6. The van der Waals surface area contributed by atoms with E-state index in [1.54, 1.807) is 0 Å². The van der Waals surface area contributed by atoms with Gasteiger partial charge in [0.1, 0.15) is 0 Å². The highest BCUT2D eigenvalue weighted by Crippen LogP contribution is 2.13. The third-order valence-corrected chi connectivity index (χ3v) is 4.28. The highest BCUT2D eigenvalue weighted by atomic mass is 16.5. The smallest absolute Gasteiger partial charge is 0.384 e. The molecule has 0 aromatic rings. The van der Waals surface area contributed by atoms with Crippen LogP contribution in [0.2, 0.25) is 0 Å². The highest BCUT2D eigenvalue weighted by molar-refractivity contribution is 5.88. The Bertz CT molecular complexity index is 312. The van der Waals surface area contributed by atoms with E-state index >= 15 is 0 Å². The number of carbonyl (C=O) groups is 1. The van der Waals surface area contributed by atoms with E-state index in [0.717, 1.165) is 12.8 Å². The lowest BCUT2D eigenvalue weighted by molar-refractivity contribution is -0.133. The molecule has 0 atom stereocenters. The fourth-order valence-electron chi connectivity index (χ4n) is 2.77. The van der Waals surface area contributed by atoms with E-state index in [2.05, 4.69) is 23.5 Å². The van der Waals surface area contributed by atoms with Gasteiger partial charge in [0.25, 0.3) is 0 Å². The fourth-order valence-corrected chi connectivity index (χ4v) is 2.77. The molecule has 134 valence electrons. The van der Waals surface area contributed by atoms with E-state index in [1.807, 2.05) is 0 Å². The lowest BCUT2D eigenvalue weighted by Gasteiger charge is -2.03. The molecule has 0 bridgehead atoms. The Labute approximate surface area is 144 Å². The molecule has 0 fully saturated rings. The minimum Gasteiger partial charge on any atom is -0.459 e. The van der Waals surface area contributed by atoms with Crippen LogP contribution in [-0.4, -0.2) is 13.1 Å². The van der Waals surface area contributed by atoms with Crippen LogP contribution in [0.1, 0.15) is 110 Å². The Hall–Kier alpha value is -0.970. The van der Waals surface area contributed by atoms with Gasteiger partial charge in [0.05, 0.1) is 7.11 Å². The van der Waals surface area contributed by atoms with E-state index in [9.17, 15) is 4.79 Å². The van der Waals surface area contributed by atoms with Gasteiger partial charge in [-0.2, -0.15) is 0 Å². The highest BCUT2D eigenvalue weighted by Gasteiger charge is 1.94. The minimum atomic E-state index is -0.425. The predicted molar refractivity (Wildman–Crippen MR) is 99.3 cm³/mol. The van der Waals surface area contributed by atoms with Crippen LogP contribution in [0.15, 0.2) is 0 Å². The Morgan fingerprint density at radius 2 is 1.09 bits per heavy atom. The lowest BCUT2D eigenvalue weighted by atomic mass is 10.0. The molecule has 0 saturated heterocycles. The molecule has 0 saturated carbocycles. The van der Waals surface area contributed by atoms with E-state index in [-0.39, 0.29) is 0 Å². The molecule has 0 spiro atoms. The molecule has 0 aliphatic carbocycles. The van der Waals surface area contributed by atoms with Crippen molar-refractivity contribution in [2.75, 3.05) is 7.11 Å². The van der Waals surface area contributed by atoms with E-state index in [1.165, 1.54) is 97.0 Å². The average Bonchev–Trinajstić information content (AvgIpc) is 2.57. The van der Waals surface area contributed by atoms with Crippen LogP contribution in [0.4, 0.5) is 0 Å². The quantitative estimate of drug-likeness (QED) is 0.150. The first-order chi connectivity index (χ1) is 11.3. The van der Waals surface area contributed by atoms with E-state index < -0.39 is 5.97 Å². The third-order valence-electron chi connectivity index (χ3n) is 4.28. The number of carbonyl (C=O) groups excluding carboxylic acids is 1. The van der Waals surface area contributed by atoms with Crippen molar-refractivity contribution in [1.29, 1.82) is 0 Å². The Balaban J connectivity index is 3.07. The van der Waals surface area contributed by atoms with E-state index in [0.29, 0.717) is 0 Å². The van der Waals surface area contributed by atoms with Crippen LogP contribution in [0.25, 0.3) is 0 Å². The van der Waals surface area contributed by atoms with Gasteiger partial charge in [0.15, 0.2) is 0 Å². The number of esters is 1. The summed E-state index contributed by atoms with van der Waals surface area (Å²) in [5.41, 5.74) is 0. The largest absolute Gasteiger partial charge is 0.459 e. The van der Waals surface area contributed by atoms with Gasteiger partial charge in [-0.15, -0.1) is 0 Å². The van der Waals surface area contributed by atoms with Gasteiger partial charge in [-0.1, -0.05) is 103 Å². The van der Waals surface area contributed by atoms with Crippen molar-refractivity contribution in [3.8, 4) is 11.8 Å². The third kappa shape index (κ3) is 19.0. The van der Waals surface area contributed by atoms with Crippen molar-refractivity contribution in [1.82, 2.24) is 0 Å². The van der Waals surface area contributed by atoms with Gasteiger partial charge >= 0.3 is 5.97 Å². The SMILES string of the molecule is CCCCCCCCCCCCCCCCCC#CC(=O)OC. The number of ether oxygens (including phenoxy) is 1. The number of hydrogen-bond acceptors (Lipinski definition) is 2. The normalized spacial score (nSPS) is 10.2. The summed E-state index contributed by atoms with van der Waals surface area (Å²) in [4.78, 5) is 10.8. The molecule has 2 heteroatoms. The molecule has 0 radical (unpaired) electrons. The summed E-state index contributed by atoms with van der Waals surface area (Å²) in [5, 5.41) is 0. The van der Waals surface area contributed by atoms with Gasteiger partial charge in [-0.3, -0.25) is 0 Å². The van der Waals surface area contributed by atoms with Gasteiger partial charge in [0.2, 0.25) is 0 Å². The summed E-state index contributed by atoms with van der Waals surface area (Å²) in [6.45, 7) is 2.28. The molecule has 2 nitrogen and oxygen atoms in total. The van der Waals surface area contributed by atoms with Gasteiger partial charge in [-0.25, -0.2) is 4.79 Å². The van der Waals surface area contributed by atoms with Gasteiger partial charge in [-0.05, 0) is 6.42 Å². The second-order valence-corrected chi connectivity index (χ2v) is 6.49. The molecule has 0 heterocycles. The summed E-state index contributed by atoms with van der Waals surface area (Å²) >= 11 is 0. The Kier molecular flexibility index (Phi) is 18.3. The first-order valence-corrected chi connectivity index (χ1v) is 9.88. The van der Waals surface area contributed by atoms with Crippen molar-refractivity contribution in [2.45, 2.75) is 110 Å². The molecular formula is C21H38O2. The molecule has 0 aromatic carbocycles. The van der Waals surface area contributed by atoms with Gasteiger partial charge < -0.3 is 4.74 Å². The van der Waals surface area contributed by atoms with Gasteiger partial charge in [0, 0.05) is 12.3 Å². The summed E-state index contributed by atoms with van der Waals surface area (Å²) in [5.74, 6) is 4.90. The summed E-state index contributed by atoms with van der Waals surface area (Å²) in [6, 6.07) is 0. The zero-order valence-corrected chi connectivity index (χ0v) is 15.6. The number of hydrogen-bond donors (Lipinski definition) is 0. The number of unbranched alkanes of at least 4 members (excludes halogenated alkanes) is 15.